The van der Waals surface area contributed by atoms with Crippen LogP contribution in [0.1, 0.15) is 31.7 Å². The first kappa shape index (κ1) is 15.6. The van der Waals surface area contributed by atoms with Gasteiger partial charge in [-0.15, -0.1) is 11.3 Å². The summed E-state index contributed by atoms with van der Waals surface area (Å²) in [5, 5.41) is 0. The van der Waals surface area contributed by atoms with E-state index in [0.29, 0.717) is 0 Å². The summed E-state index contributed by atoms with van der Waals surface area (Å²) in [5.74, 6) is -0.329. The molecular weight excluding hydrogens is 314 g/mol. The first-order valence-corrected chi connectivity index (χ1v) is 7.48. The van der Waals surface area contributed by atoms with Crippen molar-refractivity contribution in [3.63, 3.8) is 0 Å². The van der Waals surface area contributed by atoms with Crippen molar-refractivity contribution in [1.82, 2.24) is 4.90 Å². The molecule has 2 unspecified atom stereocenters. The minimum atomic E-state index is -0.329. The number of carbonyl (C=O) groups excluding carboxylic acids is 1. The lowest BCUT2D eigenvalue weighted by Crippen LogP contribution is -2.46. The van der Waals surface area contributed by atoms with E-state index in [2.05, 4.69) is 15.9 Å². The third-order valence-corrected chi connectivity index (χ3v) is 4.44. The van der Waals surface area contributed by atoms with E-state index in [9.17, 15) is 4.79 Å². The van der Waals surface area contributed by atoms with Crippen LogP contribution < -0.4 is 11.5 Å². The van der Waals surface area contributed by atoms with Gasteiger partial charge in [-0.3, -0.25) is 9.69 Å². The topological polar surface area (TPSA) is 72.3 Å². The van der Waals surface area contributed by atoms with Crippen molar-refractivity contribution in [3.05, 3.63) is 20.8 Å². The zero-order valence-corrected chi connectivity index (χ0v) is 13.3. The maximum Gasteiger partial charge on any atom is 0.231 e. The van der Waals surface area contributed by atoms with Crippen LogP contribution in [0.3, 0.4) is 0 Å². The minimum absolute atomic E-state index is 0.00815. The monoisotopic (exact) mass is 333 g/mol. The number of thiophene rings is 1. The van der Waals surface area contributed by atoms with Crippen molar-refractivity contribution in [2.75, 3.05) is 6.54 Å². The fraction of sp³-hybridized carbons (Fsp3) is 0.583. The van der Waals surface area contributed by atoms with E-state index in [1.807, 2.05) is 37.8 Å². The molecule has 0 spiro atoms. The Bertz CT molecular complexity index is 406. The van der Waals surface area contributed by atoms with Gasteiger partial charge in [0.05, 0.1) is 16.4 Å². The van der Waals surface area contributed by atoms with Gasteiger partial charge in [0.1, 0.15) is 0 Å². The Labute approximate surface area is 120 Å². The zero-order chi connectivity index (χ0) is 13.9. The predicted octanol–water partition coefficient (Wildman–Crippen LogP) is 2.09. The summed E-state index contributed by atoms with van der Waals surface area (Å²) in [6.45, 7) is 6.26. The maximum absolute atomic E-state index is 11.2. The summed E-state index contributed by atoms with van der Waals surface area (Å²) in [5.41, 5.74) is 11.4. The summed E-state index contributed by atoms with van der Waals surface area (Å²) in [4.78, 5) is 14.4. The lowest BCUT2D eigenvalue weighted by molar-refractivity contribution is -0.120. The van der Waals surface area contributed by atoms with Gasteiger partial charge in [-0.25, -0.2) is 0 Å². The standard InChI is InChI=1S/C12H20BrN3OS/c1-7(2)16(6-11(15)17)12(8(3)14)9-4-5-10(13)18-9/h4-5,7-8,12H,6,14H2,1-3H3,(H2,15,17). The Morgan fingerprint density at radius 3 is 2.39 bits per heavy atom. The van der Waals surface area contributed by atoms with Gasteiger partial charge in [0, 0.05) is 17.0 Å². The number of nitrogens with two attached hydrogens (primary N) is 2. The van der Waals surface area contributed by atoms with E-state index in [-0.39, 0.29) is 30.6 Å². The quantitative estimate of drug-likeness (QED) is 0.837. The van der Waals surface area contributed by atoms with Crippen molar-refractivity contribution in [3.8, 4) is 0 Å². The number of hydrogen-bond donors (Lipinski definition) is 2. The molecule has 0 aliphatic carbocycles. The number of hydrogen-bond acceptors (Lipinski definition) is 4. The van der Waals surface area contributed by atoms with Crippen LogP contribution in [0, 0.1) is 0 Å². The largest absolute Gasteiger partial charge is 0.369 e. The van der Waals surface area contributed by atoms with E-state index >= 15 is 0 Å². The fourth-order valence-corrected chi connectivity index (χ4v) is 3.65. The Morgan fingerprint density at radius 2 is 2.06 bits per heavy atom. The highest BCUT2D eigenvalue weighted by molar-refractivity contribution is 9.11. The molecule has 18 heavy (non-hydrogen) atoms. The highest BCUT2D eigenvalue weighted by Gasteiger charge is 2.28. The lowest BCUT2D eigenvalue weighted by Gasteiger charge is -2.35. The van der Waals surface area contributed by atoms with Crippen LogP contribution in [0.2, 0.25) is 0 Å². The molecule has 0 saturated carbocycles. The maximum atomic E-state index is 11.2. The van der Waals surface area contributed by atoms with Crippen molar-refractivity contribution in [1.29, 1.82) is 0 Å². The van der Waals surface area contributed by atoms with Crippen LogP contribution in [0.4, 0.5) is 0 Å². The molecule has 0 aliphatic heterocycles. The molecule has 0 bridgehead atoms. The number of rotatable bonds is 6. The molecule has 1 amide bonds. The SMILES string of the molecule is CC(N)C(c1ccc(Br)s1)N(CC(N)=O)C(C)C. The van der Waals surface area contributed by atoms with Crippen LogP contribution in [-0.2, 0) is 4.79 Å². The van der Waals surface area contributed by atoms with E-state index in [1.165, 1.54) is 0 Å². The third-order valence-electron chi connectivity index (χ3n) is 2.74. The number of primary amides is 1. The molecule has 0 aromatic carbocycles. The molecule has 6 heteroatoms. The van der Waals surface area contributed by atoms with Crippen LogP contribution in [0.15, 0.2) is 15.9 Å². The Morgan fingerprint density at radius 1 is 1.44 bits per heavy atom. The summed E-state index contributed by atoms with van der Waals surface area (Å²) in [6.07, 6.45) is 0. The molecule has 0 fully saturated rings. The van der Waals surface area contributed by atoms with Gasteiger partial charge in [-0.1, -0.05) is 0 Å². The molecule has 102 valence electrons. The first-order valence-electron chi connectivity index (χ1n) is 5.87. The molecule has 1 aromatic heterocycles. The second kappa shape index (κ2) is 6.65. The van der Waals surface area contributed by atoms with Crippen LogP contribution in [0.25, 0.3) is 0 Å². The second-order valence-electron chi connectivity index (χ2n) is 4.68. The van der Waals surface area contributed by atoms with Gasteiger partial charge in [0.25, 0.3) is 0 Å². The minimum Gasteiger partial charge on any atom is -0.369 e. The molecule has 0 radical (unpaired) electrons. The summed E-state index contributed by atoms with van der Waals surface area (Å²) in [6, 6.07) is 4.18. The molecule has 0 aliphatic rings. The second-order valence-corrected chi connectivity index (χ2v) is 7.17. The van der Waals surface area contributed by atoms with E-state index < -0.39 is 0 Å². The Balaban J connectivity index is 3.04. The average molecular weight is 334 g/mol. The van der Waals surface area contributed by atoms with Gasteiger partial charge in [0.2, 0.25) is 5.91 Å². The molecule has 2 atom stereocenters. The highest BCUT2D eigenvalue weighted by Crippen LogP contribution is 2.33. The summed E-state index contributed by atoms with van der Waals surface area (Å²) >= 11 is 5.09. The van der Waals surface area contributed by atoms with Gasteiger partial charge in [0.15, 0.2) is 0 Å². The summed E-state index contributed by atoms with van der Waals surface area (Å²) < 4.78 is 1.06. The number of carbonyl (C=O) groups is 1. The number of nitrogens with zero attached hydrogens (tertiary/aromatic N) is 1. The number of amides is 1. The molecular formula is C12H20BrN3OS. The molecule has 1 rings (SSSR count). The van der Waals surface area contributed by atoms with Crippen LogP contribution in [0.5, 0.6) is 0 Å². The van der Waals surface area contributed by atoms with Gasteiger partial charge < -0.3 is 11.5 Å². The van der Waals surface area contributed by atoms with Crippen molar-refractivity contribution < 1.29 is 4.79 Å². The lowest BCUT2D eigenvalue weighted by atomic mass is 10.1. The van der Waals surface area contributed by atoms with Gasteiger partial charge in [-0.2, -0.15) is 0 Å². The van der Waals surface area contributed by atoms with Gasteiger partial charge in [-0.05, 0) is 48.8 Å². The Kier molecular flexibility index (Phi) is 5.78. The highest BCUT2D eigenvalue weighted by atomic mass is 79.9. The van der Waals surface area contributed by atoms with E-state index in [0.717, 1.165) is 8.66 Å². The molecule has 4 nitrogen and oxygen atoms in total. The first-order chi connectivity index (χ1) is 8.32. The van der Waals surface area contributed by atoms with Crippen LogP contribution in [-0.4, -0.2) is 29.4 Å². The molecule has 1 heterocycles. The van der Waals surface area contributed by atoms with Crippen LogP contribution >= 0.6 is 27.3 Å². The summed E-state index contributed by atoms with van der Waals surface area (Å²) in [7, 11) is 0. The predicted molar refractivity (Wildman–Crippen MR) is 79.4 cm³/mol. The zero-order valence-electron chi connectivity index (χ0n) is 10.9. The molecule has 4 N–H and O–H groups in total. The average Bonchev–Trinajstić information content (AvgIpc) is 2.62. The van der Waals surface area contributed by atoms with Crippen molar-refractivity contribution >= 4 is 33.2 Å². The normalized spacial score (nSPS) is 15.1. The van der Waals surface area contributed by atoms with Crippen molar-refractivity contribution in [2.45, 2.75) is 38.9 Å². The van der Waals surface area contributed by atoms with E-state index in [4.69, 9.17) is 11.5 Å². The Hall–Kier alpha value is -0.430. The fourth-order valence-electron chi connectivity index (χ4n) is 1.99. The smallest absolute Gasteiger partial charge is 0.231 e. The molecule has 0 saturated heterocycles. The number of halogens is 1. The van der Waals surface area contributed by atoms with E-state index in [1.54, 1.807) is 11.3 Å². The van der Waals surface area contributed by atoms with Gasteiger partial charge >= 0.3 is 0 Å². The third kappa shape index (κ3) is 4.05. The molecule has 1 aromatic rings. The van der Waals surface area contributed by atoms with Crippen molar-refractivity contribution in [2.24, 2.45) is 11.5 Å².